The van der Waals surface area contributed by atoms with E-state index in [1.54, 1.807) is 18.2 Å². The first-order chi connectivity index (χ1) is 14.6. The van der Waals surface area contributed by atoms with Crippen LogP contribution in [0.5, 0.6) is 0 Å². The summed E-state index contributed by atoms with van der Waals surface area (Å²) in [6, 6.07) is 15.1. The summed E-state index contributed by atoms with van der Waals surface area (Å²) < 4.78 is 40.1. The normalized spacial score (nSPS) is 11.8. The second-order valence-electron chi connectivity index (χ2n) is 7.12. The lowest BCUT2D eigenvalue weighted by molar-refractivity contribution is -0.137. The molecule has 0 aliphatic heterocycles. The molecule has 0 bridgehead atoms. The highest BCUT2D eigenvalue weighted by molar-refractivity contribution is 6.42. The summed E-state index contributed by atoms with van der Waals surface area (Å²) >= 11 is 12.3. The summed E-state index contributed by atoms with van der Waals surface area (Å²) in [7, 11) is 0. The summed E-state index contributed by atoms with van der Waals surface area (Å²) in [5.74, 6) is 0. The van der Waals surface area contributed by atoms with E-state index < -0.39 is 11.7 Å². The van der Waals surface area contributed by atoms with Crippen molar-refractivity contribution in [1.29, 1.82) is 0 Å². The summed E-state index contributed by atoms with van der Waals surface area (Å²) in [4.78, 5) is 17.9. The Morgan fingerprint density at radius 2 is 1.61 bits per heavy atom. The van der Waals surface area contributed by atoms with E-state index in [0.29, 0.717) is 22.2 Å². The number of hydrogen-bond donors (Lipinski definition) is 0. The molecule has 0 aliphatic carbocycles. The van der Waals surface area contributed by atoms with Crippen LogP contribution in [0.25, 0.3) is 22.3 Å². The maximum Gasteiger partial charge on any atom is 0.416 e. The van der Waals surface area contributed by atoms with Crippen LogP contribution in [0, 0.1) is 6.92 Å². The molecule has 0 amide bonds. The Bertz CT molecular complexity index is 1350. The molecule has 0 aliphatic rings. The van der Waals surface area contributed by atoms with E-state index in [2.05, 4.69) is 4.98 Å². The summed E-state index contributed by atoms with van der Waals surface area (Å²) in [5, 5.41) is 0.539. The fraction of sp³-hybridized carbons (Fsp3) is 0.130. The molecule has 0 saturated heterocycles. The third-order valence-electron chi connectivity index (χ3n) is 5.01. The average molecular weight is 463 g/mol. The van der Waals surface area contributed by atoms with Crippen molar-refractivity contribution < 1.29 is 13.2 Å². The topological polar surface area (TPSA) is 34.9 Å². The molecule has 158 valence electrons. The van der Waals surface area contributed by atoms with Gasteiger partial charge in [-0.2, -0.15) is 13.2 Å². The molecule has 31 heavy (non-hydrogen) atoms. The van der Waals surface area contributed by atoms with Gasteiger partial charge in [0.25, 0.3) is 5.56 Å². The van der Waals surface area contributed by atoms with Gasteiger partial charge in [0.15, 0.2) is 0 Å². The van der Waals surface area contributed by atoms with Crippen molar-refractivity contribution in [1.82, 2.24) is 9.55 Å². The van der Waals surface area contributed by atoms with Crippen LogP contribution in [0.3, 0.4) is 0 Å². The molecule has 0 N–H and O–H groups in total. The van der Waals surface area contributed by atoms with E-state index in [9.17, 15) is 18.0 Å². The number of aryl methyl sites for hydroxylation is 1. The molecule has 1 aromatic heterocycles. The first-order valence-corrected chi connectivity index (χ1v) is 10.0. The fourth-order valence-electron chi connectivity index (χ4n) is 3.39. The highest BCUT2D eigenvalue weighted by Crippen LogP contribution is 2.30. The first kappa shape index (κ1) is 21.4. The van der Waals surface area contributed by atoms with Crippen molar-refractivity contribution in [2.45, 2.75) is 19.6 Å². The van der Waals surface area contributed by atoms with E-state index in [-0.39, 0.29) is 27.8 Å². The maximum atomic E-state index is 13.4. The molecule has 0 atom stereocenters. The maximum absolute atomic E-state index is 13.4. The highest BCUT2D eigenvalue weighted by atomic mass is 35.5. The van der Waals surface area contributed by atoms with Crippen LogP contribution in [-0.2, 0) is 12.7 Å². The zero-order valence-corrected chi connectivity index (χ0v) is 17.7. The minimum Gasteiger partial charge on any atom is -0.300 e. The predicted octanol–water partition coefficient (Wildman–Crippen LogP) is 6.75. The van der Waals surface area contributed by atoms with Crippen LogP contribution in [0.1, 0.15) is 16.7 Å². The van der Waals surface area contributed by atoms with Crippen LogP contribution >= 0.6 is 23.2 Å². The van der Waals surface area contributed by atoms with Gasteiger partial charge in [0, 0.05) is 5.56 Å². The predicted molar refractivity (Wildman–Crippen MR) is 117 cm³/mol. The van der Waals surface area contributed by atoms with Gasteiger partial charge in [0.1, 0.15) is 5.69 Å². The Morgan fingerprint density at radius 3 is 2.26 bits per heavy atom. The standard InChI is InChI=1S/C23H15Cl2F3N2O/c1-13-4-2-3-5-16(13)21-22(31)30(20-11-18(25)17(24)10-19(20)29-21)12-14-6-8-15(9-7-14)23(26,27)28/h2-11H,12H2,1H3. The molecule has 0 spiro atoms. The number of aromatic nitrogens is 2. The third-order valence-corrected chi connectivity index (χ3v) is 5.73. The smallest absolute Gasteiger partial charge is 0.300 e. The van der Waals surface area contributed by atoms with Gasteiger partial charge in [-0.15, -0.1) is 0 Å². The Balaban J connectivity index is 1.92. The lowest BCUT2D eigenvalue weighted by Gasteiger charge is -2.15. The van der Waals surface area contributed by atoms with Crippen molar-refractivity contribution in [3.05, 3.63) is 97.8 Å². The number of fused-ring (bicyclic) bond motifs is 1. The van der Waals surface area contributed by atoms with Gasteiger partial charge in [-0.3, -0.25) is 4.79 Å². The number of hydrogen-bond acceptors (Lipinski definition) is 2. The van der Waals surface area contributed by atoms with Crippen molar-refractivity contribution in [3.63, 3.8) is 0 Å². The van der Waals surface area contributed by atoms with Gasteiger partial charge in [-0.25, -0.2) is 4.98 Å². The van der Waals surface area contributed by atoms with E-state index in [0.717, 1.165) is 17.7 Å². The number of benzene rings is 3. The molecule has 3 nitrogen and oxygen atoms in total. The second-order valence-corrected chi connectivity index (χ2v) is 7.93. The van der Waals surface area contributed by atoms with Crippen molar-refractivity contribution in [2.75, 3.05) is 0 Å². The lowest BCUT2D eigenvalue weighted by atomic mass is 10.1. The monoisotopic (exact) mass is 462 g/mol. The SMILES string of the molecule is Cc1ccccc1-c1nc2cc(Cl)c(Cl)cc2n(Cc2ccc(C(F)(F)F)cc2)c1=O. The number of alkyl halides is 3. The van der Waals surface area contributed by atoms with E-state index in [4.69, 9.17) is 23.2 Å². The molecule has 3 aromatic carbocycles. The summed E-state index contributed by atoms with van der Waals surface area (Å²) in [5.41, 5.74) is 2.07. The van der Waals surface area contributed by atoms with Crippen LogP contribution in [0.15, 0.2) is 65.5 Å². The molecule has 8 heteroatoms. The van der Waals surface area contributed by atoms with Gasteiger partial charge in [0.05, 0.1) is 33.2 Å². The zero-order valence-electron chi connectivity index (χ0n) is 16.2. The molecule has 0 radical (unpaired) electrons. The van der Waals surface area contributed by atoms with Gasteiger partial charge < -0.3 is 4.57 Å². The Labute approximate surface area is 185 Å². The van der Waals surface area contributed by atoms with Crippen LogP contribution < -0.4 is 5.56 Å². The minimum absolute atomic E-state index is 0.0484. The minimum atomic E-state index is -4.43. The molecular weight excluding hydrogens is 448 g/mol. The molecule has 1 heterocycles. The van der Waals surface area contributed by atoms with E-state index in [1.807, 2.05) is 25.1 Å². The van der Waals surface area contributed by atoms with Gasteiger partial charge >= 0.3 is 6.18 Å². The number of rotatable bonds is 3. The summed E-state index contributed by atoms with van der Waals surface area (Å²) in [6.45, 7) is 1.92. The quantitative estimate of drug-likeness (QED) is 0.337. The Kier molecular flexibility index (Phi) is 5.54. The largest absolute Gasteiger partial charge is 0.416 e. The second kappa shape index (κ2) is 8.02. The first-order valence-electron chi connectivity index (χ1n) is 9.27. The van der Waals surface area contributed by atoms with Crippen LogP contribution in [0.4, 0.5) is 13.2 Å². The highest BCUT2D eigenvalue weighted by Gasteiger charge is 2.30. The zero-order chi connectivity index (χ0) is 22.3. The van der Waals surface area contributed by atoms with E-state index in [1.165, 1.54) is 16.7 Å². The number of halogens is 5. The van der Waals surface area contributed by atoms with Crippen molar-refractivity contribution >= 4 is 34.2 Å². The van der Waals surface area contributed by atoms with Gasteiger partial charge in [-0.1, -0.05) is 59.6 Å². The Hall–Kier alpha value is -2.83. The summed E-state index contributed by atoms with van der Waals surface area (Å²) in [6.07, 6.45) is -4.43. The lowest BCUT2D eigenvalue weighted by Crippen LogP contribution is -2.24. The molecular formula is C23H15Cl2F3N2O. The molecule has 4 aromatic rings. The van der Waals surface area contributed by atoms with Crippen molar-refractivity contribution in [3.8, 4) is 11.3 Å². The molecule has 4 rings (SSSR count). The number of nitrogens with zero attached hydrogens (tertiary/aromatic N) is 2. The molecule has 0 saturated carbocycles. The van der Waals surface area contributed by atoms with Crippen molar-refractivity contribution in [2.24, 2.45) is 0 Å². The molecule has 0 fully saturated rings. The van der Waals surface area contributed by atoms with Crippen LogP contribution in [-0.4, -0.2) is 9.55 Å². The fourth-order valence-corrected chi connectivity index (χ4v) is 3.71. The van der Waals surface area contributed by atoms with Gasteiger partial charge in [0.2, 0.25) is 0 Å². The van der Waals surface area contributed by atoms with Crippen LogP contribution in [0.2, 0.25) is 10.0 Å². The van der Waals surface area contributed by atoms with E-state index >= 15 is 0 Å². The van der Waals surface area contributed by atoms with Gasteiger partial charge in [-0.05, 0) is 42.3 Å². The third kappa shape index (κ3) is 4.18. The average Bonchev–Trinajstić information content (AvgIpc) is 2.72. The Morgan fingerprint density at radius 1 is 0.968 bits per heavy atom. The molecule has 0 unspecified atom stereocenters.